The highest BCUT2D eigenvalue weighted by Gasteiger charge is 2.30. The predicted octanol–water partition coefficient (Wildman–Crippen LogP) is 0.906. The molecule has 2 aromatic heterocycles. The minimum atomic E-state index is -0.0687. The van der Waals surface area contributed by atoms with E-state index in [2.05, 4.69) is 20.3 Å². The molecule has 2 aliphatic rings. The Bertz CT molecular complexity index is 829. The summed E-state index contributed by atoms with van der Waals surface area (Å²) in [7, 11) is 0. The highest BCUT2D eigenvalue weighted by atomic mass is 16.1. The van der Waals surface area contributed by atoms with Gasteiger partial charge in [-0.1, -0.05) is 0 Å². The van der Waals surface area contributed by atoms with E-state index in [0.29, 0.717) is 18.9 Å². The van der Waals surface area contributed by atoms with Crippen molar-refractivity contribution in [2.24, 2.45) is 5.92 Å². The number of carbonyl (C=O) groups excluding carboxylic acids is 1. The van der Waals surface area contributed by atoms with Crippen LogP contribution >= 0.6 is 0 Å². The number of piperidine rings is 1. The maximum Gasteiger partial charge on any atom is 0.266 e. The Morgan fingerprint density at radius 3 is 2.65 bits per heavy atom. The highest BCUT2D eigenvalue weighted by molar-refractivity contribution is 5.76. The first-order valence-corrected chi connectivity index (χ1v) is 9.17. The Morgan fingerprint density at radius 1 is 1.08 bits per heavy atom. The number of aromatic nitrogens is 3. The first kappa shape index (κ1) is 16.9. The first-order chi connectivity index (χ1) is 12.7. The number of nitrogens with one attached hydrogen (secondary N) is 1. The number of pyridine rings is 1. The lowest BCUT2D eigenvalue weighted by Gasteiger charge is -2.41. The molecule has 7 nitrogen and oxygen atoms in total. The summed E-state index contributed by atoms with van der Waals surface area (Å²) < 4.78 is 1.57. The fraction of sp³-hybridized carbons (Fsp3) is 0.474. The van der Waals surface area contributed by atoms with Crippen molar-refractivity contribution in [2.75, 3.05) is 19.6 Å². The molecule has 1 atom stereocenters. The molecule has 0 spiro atoms. The third-order valence-electron chi connectivity index (χ3n) is 5.11. The molecule has 136 valence electrons. The molecule has 0 saturated carbocycles. The third kappa shape index (κ3) is 3.83. The highest BCUT2D eigenvalue weighted by Crippen LogP contribution is 2.20. The van der Waals surface area contributed by atoms with Gasteiger partial charge in [-0.25, -0.2) is 4.68 Å². The summed E-state index contributed by atoms with van der Waals surface area (Å²) in [5, 5.41) is 7.58. The normalized spacial score (nSPS) is 21.2. The Hall–Kier alpha value is -2.54. The minimum Gasteiger partial charge on any atom is -0.352 e. The molecule has 4 heterocycles. The van der Waals surface area contributed by atoms with Crippen molar-refractivity contribution >= 4 is 5.91 Å². The van der Waals surface area contributed by atoms with Crippen molar-refractivity contribution < 1.29 is 4.79 Å². The summed E-state index contributed by atoms with van der Waals surface area (Å²) in [6.45, 7) is 3.42. The molecule has 2 saturated heterocycles. The molecule has 2 aromatic rings. The number of carbonyl (C=O) groups is 1. The zero-order valence-corrected chi connectivity index (χ0v) is 14.7. The zero-order chi connectivity index (χ0) is 17.9. The number of hydrogen-bond donors (Lipinski definition) is 1. The number of amides is 1. The minimum absolute atomic E-state index is 0.0687. The Kier molecular flexibility index (Phi) is 4.79. The summed E-state index contributed by atoms with van der Waals surface area (Å²) in [5.74, 6) is 0.592. The summed E-state index contributed by atoms with van der Waals surface area (Å²) in [6.07, 6.45) is 6.14. The van der Waals surface area contributed by atoms with Gasteiger partial charge in [-0.2, -0.15) is 5.10 Å². The van der Waals surface area contributed by atoms with Crippen molar-refractivity contribution in [1.29, 1.82) is 0 Å². The van der Waals surface area contributed by atoms with Crippen LogP contribution in [0.4, 0.5) is 0 Å². The summed E-state index contributed by atoms with van der Waals surface area (Å²) in [5.41, 5.74) is 1.67. The maximum atomic E-state index is 12.1. The van der Waals surface area contributed by atoms with Crippen LogP contribution in [0.1, 0.15) is 19.3 Å². The lowest BCUT2D eigenvalue weighted by Crippen LogP contribution is -2.55. The van der Waals surface area contributed by atoms with E-state index in [1.807, 2.05) is 12.1 Å². The molecule has 2 fully saturated rings. The van der Waals surface area contributed by atoms with Crippen LogP contribution in [-0.2, 0) is 11.3 Å². The van der Waals surface area contributed by atoms with E-state index < -0.39 is 0 Å². The van der Waals surface area contributed by atoms with Gasteiger partial charge >= 0.3 is 0 Å². The summed E-state index contributed by atoms with van der Waals surface area (Å²) in [6, 6.07) is 7.39. The van der Waals surface area contributed by atoms with Crippen LogP contribution in [0.15, 0.2) is 41.5 Å². The predicted molar refractivity (Wildman–Crippen MR) is 97.4 cm³/mol. The van der Waals surface area contributed by atoms with Gasteiger partial charge in [-0.05, 0) is 31.0 Å². The molecule has 0 aliphatic carbocycles. The van der Waals surface area contributed by atoms with Gasteiger partial charge in [0.2, 0.25) is 5.91 Å². The first-order valence-electron chi connectivity index (χ1n) is 9.17. The van der Waals surface area contributed by atoms with E-state index in [1.165, 1.54) is 0 Å². The van der Waals surface area contributed by atoms with Crippen LogP contribution in [0.5, 0.6) is 0 Å². The van der Waals surface area contributed by atoms with Gasteiger partial charge in [-0.3, -0.25) is 14.6 Å². The van der Waals surface area contributed by atoms with Crippen LogP contribution < -0.4 is 10.9 Å². The van der Waals surface area contributed by atoms with Gasteiger partial charge in [0, 0.05) is 62.0 Å². The molecule has 2 aliphatic heterocycles. The van der Waals surface area contributed by atoms with E-state index in [9.17, 15) is 9.59 Å². The van der Waals surface area contributed by atoms with Gasteiger partial charge in [0.25, 0.3) is 5.56 Å². The van der Waals surface area contributed by atoms with Gasteiger partial charge in [-0.15, -0.1) is 0 Å². The van der Waals surface area contributed by atoms with Crippen LogP contribution in [0, 0.1) is 5.92 Å². The van der Waals surface area contributed by atoms with Crippen molar-refractivity contribution in [3.8, 4) is 11.3 Å². The topological polar surface area (TPSA) is 80.1 Å². The Morgan fingerprint density at radius 2 is 1.88 bits per heavy atom. The van der Waals surface area contributed by atoms with Gasteiger partial charge in [0.05, 0.1) is 12.2 Å². The van der Waals surface area contributed by atoms with Gasteiger partial charge < -0.3 is 10.2 Å². The smallest absolute Gasteiger partial charge is 0.266 e. The van der Waals surface area contributed by atoms with E-state index in [0.717, 1.165) is 43.7 Å². The molecule has 4 rings (SSSR count). The lowest BCUT2D eigenvalue weighted by atomic mass is 9.97. The second-order valence-corrected chi connectivity index (χ2v) is 7.22. The molecule has 0 bridgehead atoms. The molecule has 1 unspecified atom stereocenters. The van der Waals surface area contributed by atoms with Gasteiger partial charge in [0.1, 0.15) is 0 Å². The zero-order valence-electron chi connectivity index (χ0n) is 14.7. The molecule has 1 N–H and O–H groups in total. The van der Waals surface area contributed by atoms with Crippen molar-refractivity contribution in [3.05, 3.63) is 47.0 Å². The fourth-order valence-corrected chi connectivity index (χ4v) is 3.77. The Balaban J connectivity index is 1.34. The quantitative estimate of drug-likeness (QED) is 0.864. The van der Waals surface area contributed by atoms with Crippen LogP contribution in [0.3, 0.4) is 0 Å². The number of likely N-dealkylation sites (tertiary alicyclic amines) is 1. The molecule has 0 aromatic carbocycles. The molecule has 1 amide bonds. The standard InChI is InChI=1S/C19H23N5O2/c25-18-3-1-2-16(21-18)13-23-10-14(11-23)12-24-19(26)5-4-17(22-24)15-6-8-20-9-7-15/h4-9,14,16H,1-3,10-13H2,(H,21,25). The van der Waals surface area contributed by atoms with Crippen LogP contribution in [0.25, 0.3) is 11.3 Å². The van der Waals surface area contributed by atoms with Crippen LogP contribution in [0.2, 0.25) is 0 Å². The number of rotatable bonds is 5. The van der Waals surface area contributed by atoms with Crippen molar-refractivity contribution in [3.63, 3.8) is 0 Å². The van der Waals surface area contributed by atoms with Crippen molar-refractivity contribution in [2.45, 2.75) is 31.8 Å². The molecule has 0 radical (unpaired) electrons. The largest absolute Gasteiger partial charge is 0.352 e. The van der Waals surface area contributed by atoms with E-state index in [-0.39, 0.29) is 17.5 Å². The second-order valence-electron chi connectivity index (χ2n) is 7.22. The van der Waals surface area contributed by atoms with Crippen LogP contribution in [-0.4, -0.2) is 51.2 Å². The fourth-order valence-electron chi connectivity index (χ4n) is 3.77. The number of nitrogens with zero attached hydrogens (tertiary/aromatic N) is 4. The SMILES string of the molecule is O=C1CCCC(CN2CC(Cn3nc(-c4ccncc4)ccc3=O)C2)N1. The summed E-state index contributed by atoms with van der Waals surface area (Å²) in [4.78, 5) is 30.0. The third-order valence-corrected chi connectivity index (χ3v) is 5.11. The lowest BCUT2D eigenvalue weighted by molar-refractivity contribution is -0.123. The molecule has 7 heteroatoms. The molecular formula is C19H23N5O2. The number of hydrogen-bond acceptors (Lipinski definition) is 5. The van der Waals surface area contributed by atoms with E-state index >= 15 is 0 Å². The van der Waals surface area contributed by atoms with E-state index in [4.69, 9.17) is 0 Å². The second kappa shape index (κ2) is 7.37. The molecular weight excluding hydrogens is 330 g/mol. The van der Waals surface area contributed by atoms with E-state index in [1.54, 1.807) is 29.2 Å². The molecule has 26 heavy (non-hydrogen) atoms. The van der Waals surface area contributed by atoms with Crippen molar-refractivity contribution in [1.82, 2.24) is 25.0 Å². The monoisotopic (exact) mass is 353 g/mol. The summed E-state index contributed by atoms with van der Waals surface area (Å²) >= 11 is 0. The average Bonchev–Trinajstić information content (AvgIpc) is 2.62. The van der Waals surface area contributed by atoms with Gasteiger partial charge in [0.15, 0.2) is 0 Å². The maximum absolute atomic E-state index is 12.1. The average molecular weight is 353 g/mol. The Labute approximate surface area is 152 Å².